The number of carbonyl (C=O) groups excluding carboxylic acids is 1. The maximum atomic E-state index is 12.6. The van der Waals surface area contributed by atoms with E-state index in [2.05, 4.69) is 21.2 Å². The van der Waals surface area contributed by atoms with E-state index in [9.17, 15) is 18.0 Å². The molecule has 1 aliphatic carbocycles. The molecule has 0 radical (unpaired) electrons. The Bertz CT molecular complexity index is 496. The number of carbonyl (C=O) groups is 1. The first-order valence-corrected chi connectivity index (χ1v) is 8.05. The summed E-state index contributed by atoms with van der Waals surface area (Å²) < 4.78 is 37.8. The molecular weight excluding hydrogens is 347 g/mol. The van der Waals surface area contributed by atoms with E-state index in [1.54, 1.807) is 6.07 Å². The fraction of sp³-hybridized carbons (Fsp3) is 0.533. The summed E-state index contributed by atoms with van der Waals surface area (Å²) in [5, 5.41) is 3.49. The summed E-state index contributed by atoms with van der Waals surface area (Å²) in [4.78, 5) is 12.1. The molecule has 1 aromatic rings. The molecule has 1 aromatic carbocycles. The zero-order chi connectivity index (χ0) is 15.5. The van der Waals surface area contributed by atoms with Gasteiger partial charge in [-0.05, 0) is 43.4 Å². The standard InChI is InChI=1S/C15H17BrF3NO/c16-9-10-2-1-3-13(8-10)20-14(21)11-4-6-12(7-5-11)15(17,18)19/h1-3,8,11-12H,4-7,9H2,(H,20,21). The summed E-state index contributed by atoms with van der Waals surface area (Å²) in [5.74, 6) is -1.75. The predicted octanol–water partition coefficient (Wildman–Crippen LogP) is 4.89. The number of rotatable bonds is 3. The Morgan fingerprint density at radius 2 is 1.90 bits per heavy atom. The molecule has 0 saturated heterocycles. The Hall–Kier alpha value is -1.04. The molecule has 0 heterocycles. The highest BCUT2D eigenvalue weighted by Gasteiger charge is 2.42. The maximum Gasteiger partial charge on any atom is 0.391 e. The number of alkyl halides is 4. The Kier molecular flexibility index (Phi) is 5.30. The van der Waals surface area contributed by atoms with E-state index in [4.69, 9.17) is 0 Å². The third kappa shape index (κ3) is 4.46. The molecule has 1 fully saturated rings. The maximum absolute atomic E-state index is 12.6. The van der Waals surface area contributed by atoms with Crippen LogP contribution in [0.1, 0.15) is 31.2 Å². The highest BCUT2D eigenvalue weighted by atomic mass is 79.9. The molecule has 1 N–H and O–H groups in total. The van der Waals surface area contributed by atoms with Gasteiger partial charge in [0, 0.05) is 16.9 Å². The second kappa shape index (κ2) is 6.81. The summed E-state index contributed by atoms with van der Waals surface area (Å²) in [6.07, 6.45) is -3.44. The molecule has 0 aliphatic heterocycles. The molecule has 1 aliphatic rings. The minimum absolute atomic E-state index is 0.0447. The third-order valence-electron chi connectivity index (χ3n) is 3.91. The van der Waals surface area contributed by atoms with Crippen molar-refractivity contribution in [2.24, 2.45) is 11.8 Å². The molecule has 116 valence electrons. The van der Waals surface area contributed by atoms with Crippen molar-refractivity contribution in [2.75, 3.05) is 5.32 Å². The van der Waals surface area contributed by atoms with Crippen molar-refractivity contribution >= 4 is 27.5 Å². The zero-order valence-electron chi connectivity index (χ0n) is 11.4. The molecule has 1 amide bonds. The molecule has 0 bridgehead atoms. The van der Waals surface area contributed by atoms with Gasteiger partial charge in [0.2, 0.25) is 5.91 Å². The molecule has 0 atom stereocenters. The Labute approximate surface area is 130 Å². The number of anilines is 1. The van der Waals surface area contributed by atoms with Crippen LogP contribution in [0, 0.1) is 11.8 Å². The van der Waals surface area contributed by atoms with Crippen molar-refractivity contribution in [3.05, 3.63) is 29.8 Å². The second-order valence-electron chi connectivity index (χ2n) is 5.41. The van der Waals surface area contributed by atoms with Crippen molar-refractivity contribution in [3.8, 4) is 0 Å². The first-order chi connectivity index (χ1) is 9.90. The van der Waals surface area contributed by atoms with Gasteiger partial charge in [-0.15, -0.1) is 0 Å². The molecule has 21 heavy (non-hydrogen) atoms. The average Bonchev–Trinajstić information content (AvgIpc) is 2.46. The number of amides is 1. The van der Waals surface area contributed by atoms with Crippen LogP contribution in [0.2, 0.25) is 0 Å². The predicted molar refractivity (Wildman–Crippen MR) is 79.2 cm³/mol. The van der Waals surface area contributed by atoms with Gasteiger partial charge in [0.15, 0.2) is 0 Å². The molecule has 1 saturated carbocycles. The topological polar surface area (TPSA) is 29.1 Å². The number of hydrogen-bond acceptors (Lipinski definition) is 1. The lowest BCUT2D eigenvalue weighted by molar-refractivity contribution is -0.184. The van der Waals surface area contributed by atoms with Crippen LogP contribution in [0.3, 0.4) is 0 Å². The monoisotopic (exact) mass is 363 g/mol. The summed E-state index contributed by atoms with van der Waals surface area (Å²) in [6.45, 7) is 0. The minimum Gasteiger partial charge on any atom is -0.326 e. The van der Waals surface area contributed by atoms with E-state index in [1.165, 1.54) is 0 Å². The third-order valence-corrected chi connectivity index (χ3v) is 4.56. The van der Waals surface area contributed by atoms with Crippen molar-refractivity contribution in [2.45, 2.75) is 37.2 Å². The summed E-state index contributed by atoms with van der Waals surface area (Å²) >= 11 is 3.34. The van der Waals surface area contributed by atoms with E-state index < -0.39 is 12.1 Å². The zero-order valence-corrected chi connectivity index (χ0v) is 13.0. The lowest BCUT2D eigenvalue weighted by Crippen LogP contribution is -2.32. The highest BCUT2D eigenvalue weighted by molar-refractivity contribution is 9.08. The quantitative estimate of drug-likeness (QED) is 0.761. The molecule has 0 spiro atoms. The van der Waals surface area contributed by atoms with Crippen molar-refractivity contribution < 1.29 is 18.0 Å². The lowest BCUT2D eigenvalue weighted by Gasteiger charge is -2.29. The number of nitrogens with one attached hydrogen (secondary N) is 1. The molecule has 2 rings (SSSR count). The average molecular weight is 364 g/mol. The second-order valence-corrected chi connectivity index (χ2v) is 5.97. The van der Waals surface area contributed by atoms with Crippen molar-refractivity contribution in [1.82, 2.24) is 0 Å². The van der Waals surface area contributed by atoms with Crippen LogP contribution >= 0.6 is 15.9 Å². The molecule has 0 aromatic heterocycles. The van der Waals surface area contributed by atoms with E-state index in [0.717, 1.165) is 5.56 Å². The smallest absolute Gasteiger partial charge is 0.326 e. The largest absolute Gasteiger partial charge is 0.391 e. The normalized spacial score (nSPS) is 22.9. The van der Waals surface area contributed by atoms with Gasteiger partial charge in [-0.3, -0.25) is 4.79 Å². The van der Waals surface area contributed by atoms with Gasteiger partial charge in [0.05, 0.1) is 5.92 Å². The van der Waals surface area contributed by atoms with Crippen LogP contribution in [-0.2, 0) is 10.1 Å². The minimum atomic E-state index is -4.13. The van der Waals surface area contributed by atoms with Crippen molar-refractivity contribution in [1.29, 1.82) is 0 Å². The Balaban J connectivity index is 1.90. The van der Waals surface area contributed by atoms with E-state index in [0.29, 0.717) is 23.9 Å². The van der Waals surface area contributed by atoms with E-state index >= 15 is 0 Å². The van der Waals surface area contributed by atoms with Gasteiger partial charge in [-0.1, -0.05) is 28.1 Å². The summed E-state index contributed by atoms with van der Waals surface area (Å²) in [6, 6.07) is 7.41. The van der Waals surface area contributed by atoms with Crippen molar-refractivity contribution in [3.63, 3.8) is 0 Å². The van der Waals surface area contributed by atoms with Gasteiger partial charge in [-0.2, -0.15) is 13.2 Å². The molecule has 6 heteroatoms. The molecule has 0 unspecified atom stereocenters. The van der Waals surface area contributed by atoms with Gasteiger partial charge in [0.1, 0.15) is 0 Å². The first kappa shape index (κ1) is 16.3. The first-order valence-electron chi connectivity index (χ1n) is 6.92. The van der Waals surface area contributed by atoms with Gasteiger partial charge < -0.3 is 5.32 Å². The van der Waals surface area contributed by atoms with Gasteiger partial charge in [0.25, 0.3) is 0 Å². The number of hydrogen-bond donors (Lipinski definition) is 1. The fourth-order valence-corrected chi connectivity index (χ4v) is 3.01. The SMILES string of the molecule is O=C(Nc1cccc(CBr)c1)C1CCC(C(F)(F)F)CC1. The summed E-state index contributed by atoms with van der Waals surface area (Å²) in [5.41, 5.74) is 1.73. The number of halogens is 4. The van der Waals surface area contributed by atoms with Crippen LogP contribution in [0.25, 0.3) is 0 Å². The molecule has 2 nitrogen and oxygen atoms in total. The van der Waals surface area contributed by atoms with Crippen LogP contribution in [0.15, 0.2) is 24.3 Å². The van der Waals surface area contributed by atoms with E-state index in [-0.39, 0.29) is 24.7 Å². The van der Waals surface area contributed by atoms with Crippen LogP contribution in [-0.4, -0.2) is 12.1 Å². The summed E-state index contributed by atoms with van der Waals surface area (Å²) in [7, 11) is 0. The van der Waals surface area contributed by atoms with Crippen LogP contribution < -0.4 is 5.32 Å². The van der Waals surface area contributed by atoms with Gasteiger partial charge in [-0.25, -0.2) is 0 Å². The highest BCUT2D eigenvalue weighted by Crippen LogP contribution is 2.39. The van der Waals surface area contributed by atoms with Crippen LogP contribution in [0.5, 0.6) is 0 Å². The number of benzene rings is 1. The van der Waals surface area contributed by atoms with Gasteiger partial charge >= 0.3 is 6.18 Å². The Morgan fingerprint density at radius 1 is 1.24 bits per heavy atom. The lowest BCUT2D eigenvalue weighted by atomic mass is 9.81. The molecular formula is C15H17BrF3NO. The van der Waals surface area contributed by atoms with Crippen LogP contribution in [0.4, 0.5) is 18.9 Å². The fourth-order valence-electron chi connectivity index (χ4n) is 2.66. The van der Waals surface area contributed by atoms with E-state index in [1.807, 2.05) is 18.2 Å². The Morgan fingerprint density at radius 3 is 2.48 bits per heavy atom.